The molecule has 3 N–H and O–H groups in total. The zero-order valence-corrected chi connectivity index (χ0v) is 12.1. The maximum atomic E-state index is 12.0. The summed E-state index contributed by atoms with van der Waals surface area (Å²) in [6.07, 6.45) is 0.933. The minimum absolute atomic E-state index is 0.228. The molecule has 0 aromatic heterocycles. The topological polar surface area (TPSA) is 72.2 Å². The fourth-order valence-electron chi connectivity index (χ4n) is 1.28. The van der Waals surface area contributed by atoms with Gasteiger partial charge in [0.25, 0.3) is 0 Å². The van der Waals surface area contributed by atoms with Crippen LogP contribution in [0.25, 0.3) is 0 Å². The molecule has 0 radical (unpaired) electrons. The minimum Gasteiger partial charge on any atom is -0.389 e. The smallest absolute Gasteiger partial charge is 0.240 e. The Morgan fingerprint density at radius 1 is 1.39 bits per heavy atom. The summed E-state index contributed by atoms with van der Waals surface area (Å²) in [5.74, 6) is 0.315. The minimum atomic E-state index is -3.44. The van der Waals surface area contributed by atoms with Crippen LogP contribution in [0.2, 0.25) is 0 Å². The van der Waals surface area contributed by atoms with E-state index in [9.17, 15) is 8.42 Å². The molecule has 1 rings (SSSR count). The first-order chi connectivity index (χ1) is 8.36. The van der Waals surface area contributed by atoms with E-state index in [0.29, 0.717) is 18.0 Å². The molecule has 0 amide bonds. The molecular weight excluding hydrogens is 268 g/mol. The summed E-state index contributed by atoms with van der Waals surface area (Å²) < 4.78 is 26.5. The molecule has 0 saturated carbocycles. The second kappa shape index (κ2) is 6.26. The van der Waals surface area contributed by atoms with Gasteiger partial charge in [-0.15, -0.1) is 0 Å². The monoisotopic (exact) mass is 286 g/mol. The van der Waals surface area contributed by atoms with Crippen molar-refractivity contribution in [3.63, 3.8) is 0 Å². The van der Waals surface area contributed by atoms with Crippen molar-refractivity contribution >= 4 is 27.2 Å². The van der Waals surface area contributed by atoms with Gasteiger partial charge in [-0.05, 0) is 18.1 Å². The van der Waals surface area contributed by atoms with E-state index in [1.807, 2.05) is 13.8 Å². The molecule has 0 saturated heterocycles. The van der Waals surface area contributed by atoms with E-state index in [0.717, 1.165) is 6.42 Å². The Kier molecular flexibility index (Phi) is 5.25. The average Bonchev–Trinajstić information content (AvgIpc) is 2.36. The number of hydrogen-bond donors (Lipinski definition) is 2. The van der Waals surface area contributed by atoms with Gasteiger partial charge in [-0.25, -0.2) is 13.1 Å². The Balaban J connectivity index is 2.82. The van der Waals surface area contributed by atoms with E-state index >= 15 is 0 Å². The quantitative estimate of drug-likeness (QED) is 0.780. The number of nitrogens with two attached hydrogens (primary N) is 1. The van der Waals surface area contributed by atoms with Crippen LogP contribution in [0.15, 0.2) is 29.2 Å². The van der Waals surface area contributed by atoms with Crippen molar-refractivity contribution in [1.29, 1.82) is 0 Å². The SMILES string of the molecule is CCC(C)CNS(=O)(=O)c1ccc(C(N)=S)cc1. The fraction of sp³-hybridized carbons (Fsp3) is 0.417. The van der Waals surface area contributed by atoms with Crippen molar-refractivity contribution in [3.8, 4) is 0 Å². The van der Waals surface area contributed by atoms with E-state index in [1.165, 1.54) is 12.1 Å². The summed E-state index contributed by atoms with van der Waals surface area (Å²) in [7, 11) is -3.44. The van der Waals surface area contributed by atoms with Gasteiger partial charge >= 0.3 is 0 Å². The Labute approximate surface area is 114 Å². The van der Waals surface area contributed by atoms with E-state index in [2.05, 4.69) is 4.72 Å². The molecule has 0 aliphatic carbocycles. The predicted octanol–water partition coefficient (Wildman–Crippen LogP) is 1.65. The third-order valence-electron chi connectivity index (χ3n) is 2.77. The lowest BCUT2D eigenvalue weighted by Gasteiger charge is -2.11. The third kappa shape index (κ3) is 4.04. The highest BCUT2D eigenvalue weighted by Crippen LogP contribution is 2.11. The fourth-order valence-corrected chi connectivity index (χ4v) is 2.58. The molecule has 1 aromatic rings. The second-order valence-electron chi connectivity index (χ2n) is 4.25. The normalized spacial score (nSPS) is 13.2. The lowest BCUT2D eigenvalue weighted by Crippen LogP contribution is -2.28. The Morgan fingerprint density at radius 3 is 2.39 bits per heavy atom. The van der Waals surface area contributed by atoms with Crippen molar-refractivity contribution < 1.29 is 8.42 Å². The van der Waals surface area contributed by atoms with Crippen LogP contribution >= 0.6 is 12.2 Å². The molecular formula is C12H18N2O2S2. The van der Waals surface area contributed by atoms with Crippen molar-refractivity contribution in [2.24, 2.45) is 11.7 Å². The van der Waals surface area contributed by atoms with Crippen LogP contribution in [-0.4, -0.2) is 20.0 Å². The van der Waals surface area contributed by atoms with Crippen LogP contribution < -0.4 is 10.5 Å². The van der Waals surface area contributed by atoms with E-state index in [4.69, 9.17) is 18.0 Å². The molecule has 0 bridgehead atoms. The molecule has 4 nitrogen and oxygen atoms in total. The van der Waals surface area contributed by atoms with Crippen LogP contribution in [0.4, 0.5) is 0 Å². The molecule has 1 atom stereocenters. The van der Waals surface area contributed by atoms with Crippen LogP contribution in [-0.2, 0) is 10.0 Å². The average molecular weight is 286 g/mol. The molecule has 1 aromatic carbocycles. The van der Waals surface area contributed by atoms with Gasteiger partial charge in [0.15, 0.2) is 0 Å². The molecule has 0 fully saturated rings. The Morgan fingerprint density at radius 2 is 1.94 bits per heavy atom. The molecule has 0 heterocycles. The Hall–Kier alpha value is -0.980. The summed E-state index contributed by atoms with van der Waals surface area (Å²) in [6.45, 7) is 4.46. The summed E-state index contributed by atoms with van der Waals surface area (Å²) in [5.41, 5.74) is 6.11. The highest BCUT2D eigenvalue weighted by atomic mass is 32.2. The first kappa shape index (κ1) is 15.1. The van der Waals surface area contributed by atoms with Crippen LogP contribution in [0, 0.1) is 5.92 Å². The largest absolute Gasteiger partial charge is 0.389 e. The van der Waals surface area contributed by atoms with Gasteiger partial charge in [0.05, 0.1) is 4.90 Å². The van der Waals surface area contributed by atoms with Gasteiger partial charge in [0.2, 0.25) is 10.0 Å². The summed E-state index contributed by atoms with van der Waals surface area (Å²) >= 11 is 4.81. The van der Waals surface area contributed by atoms with Crippen LogP contribution in [0.5, 0.6) is 0 Å². The molecule has 0 aliphatic rings. The number of thiocarbonyl (C=S) groups is 1. The molecule has 6 heteroatoms. The van der Waals surface area contributed by atoms with E-state index in [1.54, 1.807) is 12.1 Å². The van der Waals surface area contributed by atoms with Gasteiger partial charge in [-0.3, -0.25) is 0 Å². The van der Waals surface area contributed by atoms with Gasteiger partial charge in [-0.1, -0.05) is 44.6 Å². The van der Waals surface area contributed by atoms with Gasteiger partial charge in [0.1, 0.15) is 4.99 Å². The number of nitrogens with one attached hydrogen (secondary N) is 1. The number of benzene rings is 1. The maximum absolute atomic E-state index is 12.0. The highest BCUT2D eigenvalue weighted by molar-refractivity contribution is 7.89. The van der Waals surface area contributed by atoms with E-state index < -0.39 is 10.0 Å². The second-order valence-corrected chi connectivity index (χ2v) is 6.46. The third-order valence-corrected chi connectivity index (χ3v) is 4.44. The Bertz CT molecular complexity index is 509. The van der Waals surface area contributed by atoms with Crippen LogP contribution in [0.1, 0.15) is 25.8 Å². The van der Waals surface area contributed by atoms with Gasteiger partial charge < -0.3 is 5.73 Å². The summed E-state index contributed by atoms with van der Waals surface area (Å²) in [6, 6.07) is 6.24. The molecule has 100 valence electrons. The van der Waals surface area contributed by atoms with Crippen molar-refractivity contribution in [3.05, 3.63) is 29.8 Å². The lowest BCUT2D eigenvalue weighted by atomic mass is 10.1. The molecule has 18 heavy (non-hydrogen) atoms. The van der Waals surface area contributed by atoms with Crippen molar-refractivity contribution in [2.75, 3.05) is 6.54 Å². The maximum Gasteiger partial charge on any atom is 0.240 e. The zero-order valence-electron chi connectivity index (χ0n) is 10.5. The van der Waals surface area contributed by atoms with Crippen molar-refractivity contribution in [1.82, 2.24) is 4.72 Å². The lowest BCUT2D eigenvalue weighted by molar-refractivity contribution is 0.528. The summed E-state index contributed by atoms with van der Waals surface area (Å²) in [5, 5.41) is 0. The molecule has 1 unspecified atom stereocenters. The summed E-state index contributed by atoms with van der Waals surface area (Å²) in [4.78, 5) is 0.484. The first-order valence-corrected chi connectivity index (χ1v) is 7.65. The highest BCUT2D eigenvalue weighted by Gasteiger charge is 2.14. The number of hydrogen-bond acceptors (Lipinski definition) is 3. The zero-order chi connectivity index (χ0) is 13.8. The standard InChI is InChI=1S/C12H18N2O2S2/c1-3-9(2)8-14-18(15,16)11-6-4-10(5-7-11)12(13)17/h4-7,9,14H,3,8H2,1-2H3,(H2,13,17). The van der Waals surface area contributed by atoms with Gasteiger partial charge in [-0.2, -0.15) is 0 Å². The predicted molar refractivity (Wildman–Crippen MR) is 77.0 cm³/mol. The van der Waals surface area contributed by atoms with Crippen molar-refractivity contribution in [2.45, 2.75) is 25.2 Å². The van der Waals surface area contributed by atoms with Gasteiger partial charge in [0, 0.05) is 12.1 Å². The van der Waals surface area contributed by atoms with E-state index in [-0.39, 0.29) is 9.88 Å². The first-order valence-electron chi connectivity index (χ1n) is 5.76. The van der Waals surface area contributed by atoms with Crippen LogP contribution in [0.3, 0.4) is 0 Å². The number of rotatable bonds is 6. The molecule has 0 spiro atoms. The molecule has 0 aliphatic heterocycles. The number of sulfonamides is 1.